The number of nitrogens with one attached hydrogen (secondary N) is 1. The number of carbonyl (C=O) groups is 2. The fraction of sp³-hybridized carbons (Fsp3) is 0.690. The van der Waals surface area contributed by atoms with Crippen LogP contribution < -0.4 is 5.32 Å². The van der Waals surface area contributed by atoms with Gasteiger partial charge in [0.25, 0.3) is 5.91 Å². The zero-order valence-corrected chi connectivity index (χ0v) is 22.3. The molecule has 0 bridgehead atoms. The van der Waals surface area contributed by atoms with Crippen LogP contribution in [0.25, 0.3) is 11.0 Å². The van der Waals surface area contributed by atoms with E-state index in [1.54, 1.807) is 0 Å². The molecule has 1 N–H and O–H groups in total. The number of para-hydroxylation sites is 2. The van der Waals surface area contributed by atoms with Crippen molar-refractivity contribution < 1.29 is 9.59 Å². The van der Waals surface area contributed by atoms with Crippen LogP contribution in [0.1, 0.15) is 82.8 Å². The van der Waals surface area contributed by atoms with Gasteiger partial charge in [-0.3, -0.25) is 9.59 Å². The number of hydrogen-bond acceptors (Lipinski definition) is 4. The lowest BCUT2D eigenvalue weighted by Gasteiger charge is -2.44. The lowest BCUT2D eigenvalue weighted by atomic mass is 9.91. The predicted molar refractivity (Wildman–Crippen MR) is 143 cm³/mol. The molecule has 1 saturated carbocycles. The summed E-state index contributed by atoms with van der Waals surface area (Å²) < 4.78 is 1.97. The third-order valence-corrected chi connectivity index (χ3v) is 8.63. The Labute approximate surface area is 215 Å². The van der Waals surface area contributed by atoms with Crippen LogP contribution in [0.15, 0.2) is 24.3 Å². The number of nitrogens with zero attached hydrogens (tertiary/aromatic N) is 4. The Morgan fingerprint density at radius 1 is 1.06 bits per heavy atom. The first-order chi connectivity index (χ1) is 17.3. The second kappa shape index (κ2) is 10.5. The van der Waals surface area contributed by atoms with Crippen LogP contribution in [-0.4, -0.2) is 68.9 Å². The maximum atomic E-state index is 13.9. The van der Waals surface area contributed by atoms with Crippen molar-refractivity contribution in [1.82, 2.24) is 24.7 Å². The molecule has 2 amide bonds. The van der Waals surface area contributed by atoms with Gasteiger partial charge >= 0.3 is 0 Å². The van der Waals surface area contributed by atoms with Crippen LogP contribution in [0.4, 0.5) is 0 Å². The summed E-state index contributed by atoms with van der Waals surface area (Å²) in [6, 6.07) is 8.06. The highest BCUT2D eigenvalue weighted by Crippen LogP contribution is 2.31. The molecule has 0 radical (unpaired) electrons. The molecule has 0 unspecified atom stereocenters. The van der Waals surface area contributed by atoms with Crippen LogP contribution in [0.3, 0.4) is 0 Å². The van der Waals surface area contributed by atoms with Gasteiger partial charge in [-0.15, -0.1) is 0 Å². The van der Waals surface area contributed by atoms with E-state index >= 15 is 0 Å². The van der Waals surface area contributed by atoms with E-state index in [4.69, 9.17) is 0 Å². The molecular weight excluding hydrogens is 450 g/mol. The average Bonchev–Trinajstić information content (AvgIpc) is 3.01. The van der Waals surface area contributed by atoms with Crippen LogP contribution in [0.5, 0.6) is 0 Å². The van der Waals surface area contributed by atoms with Crippen molar-refractivity contribution in [3.8, 4) is 0 Å². The number of imidazole rings is 1. The third-order valence-electron chi connectivity index (χ3n) is 8.63. The summed E-state index contributed by atoms with van der Waals surface area (Å²) in [6.45, 7) is 10.8. The number of carbonyl (C=O) groups excluding carboxylic acids is 2. The Morgan fingerprint density at radius 3 is 2.47 bits per heavy atom. The zero-order chi connectivity index (χ0) is 25.3. The molecule has 1 aromatic heterocycles. The van der Waals surface area contributed by atoms with Gasteiger partial charge in [0.1, 0.15) is 5.54 Å². The van der Waals surface area contributed by atoms with E-state index in [0.29, 0.717) is 30.7 Å². The number of benzene rings is 1. The summed E-state index contributed by atoms with van der Waals surface area (Å²) in [5, 5.41) is 3.37. The summed E-state index contributed by atoms with van der Waals surface area (Å²) in [5.74, 6) is 1.72. The van der Waals surface area contributed by atoms with Crippen LogP contribution in [0, 0.1) is 11.8 Å². The van der Waals surface area contributed by atoms with E-state index in [0.717, 1.165) is 62.8 Å². The van der Waals surface area contributed by atoms with Crippen molar-refractivity contribution in [3.05, 3.63) is 30.1 Å². The molecule has 3 atom stereocenters. The Hall–Kier alpha value is -2.41. The van der Waals surface area contributed by atoms with Crippen molar-refractivity contribution in [2.24, 2.45) is 11.8 Å². The lowest BCUT2D eigenvalue weighted by Crippen LogP contribution is -2.65. The molecule has 2 fully saturated rings. The van der Waals surface area contributed by atoms with Gasteiger partial charge < -0.3 is 19.7 Å². The molecule has 196 valence electrons. The van der Waals surface area contributed by atoms with E-state index in [-0.39, 0.29) is 17.9 Å². The van der Waals surface area contributed by atoms with E-state index in [2.05, 4.69) is 29.0 Å². The van der Waals surface area contributed by atoms with Crippen LogP contribution in [-0.2, 0) is 11.3 Å². The number of piperidine rings is 1. The Bertz CT molecular complexity index is 1080. The quantitative estimate of drug-likeness (QED) is 0.604. The highest BCUT2D eigenvalue weighted by Gasteiger charge is 2.48. The van der Waals surface area contributed by atoms with Crippen molar-refractivity contribution in [2.45, 2.75) is 90.3 Å². The van der Waals surface area contributed by atoms with Gasteiger partial charge in [0, 0.05) is 25.7 Å². The predicted octanol–water partition coefficient (Wildman–Crippen LogP) is 4.46. The third kappa shape index (κ3) is 5.04. The summed E-state index contributed by atoms with van der Waals surface area (Å²) >= 11 is 0. The topological polar surface area (TPSA) is 70.5 Å². The molecule has 1 saturated heterocycles. The fourth-order valence-corrected chi connectivity index (χ4v) is 6.87. The first kappa shape index (κ1) is 25.2. The maximum Gasteiger partial charge on any atom is 0.290 e. The summed E-state index contributed by atoms with van der Waals surface area (Å²) in [6.07, 6.45) is 9.01. The van der Waals surface area contributed by atoms with Gasteiger partial charge in [0.05, 0.1) is 17.6 Å². The summed E-state index contributed by atoms with van der Waals surface area (Å²) in [7, 11) is 0. The average molecular weight is 494 g/mol. The van der Waals surface area contributed by atoms with Crippen LogP contribution in [0.2, 0.25) is 0 Å². The minimum atomic E-state index is -0.942. The normalized spacial score (nSPS) is 28.2. The molecule has 2 aliphatic heterocycles. The molecule has 7 nitrogen and oxygen atoms in total. The molecule has 36 heavy (non-hydrogen) atoms. The second-order valence-electron chi connectivity index (χ2n) is 12.0. The fourth-order valence-electron chi connectivity index (χ4n) is 6.87. The molecule has 5 rings (SSSR count). The number of fused-ring (bicyclic) bond motifs is 3. The van der Waals surface area contributed by atoms with E-state index in [9.17, 15) is 9.59 Å². The van der Waals surface area contributed by atoms with Crippen molar-refractivity contribution >= 4 is 22.8 Å². The van der Waals surface area contributed by atoms with Crippen LogP contribution >= 0.6 is 0 Å². The first-order valence-electron chi connectivity index (χ1n) is 14.2. The monoisotopic (exact) mass is 493 g/mol. The van der Waals surface area contributed by atoms with E-state index < -0.39 is 5.54 Å². The number of likely N-dealkylation sites (tertiary alicyclic amines) is 1. The molecule has 1 aliphatic carbocycles. The van der Waals surface area contributed by atoms with Crippen molar-refractivity contribution in [2.75, 3.05) is 26.2 Å². The second-order valence-corrected chi connectivity index (χ2v) is 12.0. The van der Waals surface area contributed by atoms with Crippen molar-refractivity contribution in [3.63, 3.8) is 0 Å². The van der Waals surface area contributed by atoms with Gasteiger partial charge in [-0.1, -0.05) is 51.7 Å². The van der Waals surface area contributed by atoms with E-state index in [1.165, 1.54) is 19.3 Å². The number of aromatic nitrogens is 2. The SMILES string of the molecule is C[C@@H]1C[C@@H](C)CN(CCCN2C(=O)c3nc4ccccc4n3C[C@]2(C)C(=O)NC2CCCCCC2)C1. The Kier molecular flexibility index (Phi) is 7.38. The number of amides is 2. The Balaban J connectivity index is 1.38. The lowest BCUT2D eigenvalue weighted by molar-refractivity contribution is -0.133. The molecule has 7 heteroatoms. The minimum Gasteiger partial charge on any atom is -0.351 e. The smallest absolute Gasteiger partial charge is 0.290 e. The first-order valence-corrected chi connectivity index (χ1v) is 14.2. The van der Waals surface area contributed by atoms with Gasteiger partial charge in [0.15, 0.2) is 5.82 Å². The summed E-state index contributed by atoms with van der Waals surface area (Å²) in [5.41, 5.74) is 0.790. The molecule has 0 spiro atoms. The zero-order valence-electron chi connectivity index (χ0n) is 22.3. The molecule has 1 aromatic carbocycles. The molecule has 2 aromatic rings. The van der Waals surface area contributed by atoms with E-state index in [1.807, 2.05) is 40.7 Å². The molecule has 3 aliphatic rings. The standard InChI is InChI=1S/C29H43N5O2/c1-21-17-22(2)19-32(18-21)15-10-16-34-27(35)26-31-24-13-8-9-14-25(24)33(26)20-29(34,3)28(36)30-23-11-6-4-5-7-12-23/h8-9,13-14,21-23H,4-7,10-12,15-20H2,1-3H3,(H,30,36)/t21-,22-,29-/m1/s1. The number of rotatable bonds is 6. The number of hydrogen-bond donors (Lipinski definition) is 1. The molecular formula is C29H43N5O2. The summed E-state index contributed by atoms with van der Waals surface area (Å²) in [4.78, 5) is 36.9. The van der Waals surface area contributed by atoms with Gasteiger partial charge in [0.2, 0.25) is 5.91 Å². The highest BCUT2D eigenvalue weighted by atomic mass is 16.2. The van der Waals surface area contributed by atoms with Gasteiger partial charge in [-0.2, -0.15) is 0 Å². The Morgan fingerprint density at radius 2 is 1.75 bits per heavy atom. The minimum absolute atomic E-state index is 0.0219. The molecule has 3 heterocycles. The van der Waals surface area contributed by atoms with Crippen molar-refractivity contribution in [1.29, 1.82) is 0 Å². The van der Waals surface area contributed by atoms with Gasteiger partial charge in [-0.05, 0) is 63.1 Å². The largest absolute Gasteiger partial charge is 0.351 e. The van der Waals surface area contributed by atoms with Gasteiger partial charge in [-0.25, -0.2) is 4.98 Å². The maximum absolute atomic E-state index is 13.9. The highest BCUT2D eigenvalue weighted by molar-refractivity contribution is 6.01.